The number of rotatable bonds is 4. The first-order valence-electron chi connectivity index (χ1n) is 5.94. The lowest BCUT2D eigenvalue weighted by Crippen LogP contribution is -2.40. The zero-order valence-electron chi connectivity index (χ0n) is 10.4. The molecule has 7 heteroatoms. The maximum Gasteiger partial charge on any atom is 0.335 e. The predicted octanol–water partition coefficient (Wildman–Crippen LogP) is 1.89. The summed E-state index contributed by atoms with van der Waals surface area (Å²) in [5, 5.41) is 0. The lowest BCUT2D eigenvalue weighted by Gasteiger charge is -2.29. The van der Waals surface area contributed by atoms with E-state index in [1.807, 2.05) is 30.3 Å². The van der Waals surface area contributed by atoms with E-state index >= 15 is 0 Å². The van der Waals surface area contributed by atoms with Crippen LogP contribution in [-0.4, -0.2) is 36.5 Å². The van der Waals surface area contributed by atoms with Crippen LogP contribution in [0.5, 0.6) is 0 Å². The van der Waals surface area contributed by atoms with Crippen molar-refractivity contribution in [3.05, 3.63) is 35.9 Å². The number of nitrogens with zero attached hydrogens (tertiary/aromatic N) is 1. The van der Waals surface area contributed by atoms with E-state index in [1.54, 1.807) is 0 Å². The van der Waals surface area contributed by atoms with Crippen molar-refractivity contribution >= 4 is 22.7 Å². The third-order valence-electron chi connectivity index (χ3n) is 3.06. The van der Waals surface area contributed by atoms with Gasteiger partial charge in [0.05, 0.1) is 12.7 Å². The van der Waals surface area contributed by atoms with Crippen molar-refractivity contribution in [3.8, 4) is 0 Å². The van der Waals surface area contributed by atoms with Crippen LogP contribution in [-0.2, 0) is 21.6 Å². The first-order valence-corrected chi connectivity index (χ1v) is 7.33. The summed E-state index contributed by atoms with van der Waals surface area (Å²) in [4.78, 5) is 0. The normalized spacial score (nSPS) is 17.9. The summed E-state index contributed by atoms with van der Waals surface area (Å²) in [6, 6.07) is 9.86. The fourth-order valence-electron chi connectivity index (χ4n) is 2.02. The molecule has 1 aromatic rings. The Morgan fingerprint density at radius 2 is 1.79 bits per heavy atom. The van der Waals surface area contributed by atoms with E-state index in [1.165, 1.54) is 0 Å². The second-order valence-corrected chi connectivity index (χ2v) is 5.78. The highest BCUT2D eigenvalue weighted by atomic mass is 35.5. The van der Waals surface area contributed by atoms with Gasteiger partial charge in [0.2, 0.25) is 0 Å². The molecule has 1 N–H and O–H groups in total. The molecule has 0 atom stereocenters. The van der Waals surface area contributed by atoms with Gasteiger partial charge in [0.25, 0.3) is 0 Å². The minimum Gasteiger partial charge on any atom is -0.373 e. The summed E-state index contributed by atoms with van der Waals surface area (Å²) >= 11 is 0. The van der Waals surface area contributed by atoms with Gasteiger partial charge in [-0.25, -0.2) is 0 Å². The monoisotopic (exact) mass is 307 g/mol. The van der Waals surface area contributed by atoms with Gasteiger partial charge in [-0.3, -0.25) is 4.55 Å². The van der Waals surface area contributed by atoms with Crippen LogP contribution in [0.3, 0.4) is 0 Å². The van der Waals surface area contributed by atoms with Crippen LogP contribution in [0, 0.1) is 0 Å². The SMILES string of the molecule is Cl.O=S(=O)(O)N1CCC(OCc2ccccc2)CC1. The van der Waals surface area contributed by atoms with Crippen molar-refractivity contribution < 1.29 is 17.7 Å². The largest absolute Gasteiger partial charge is 0.373 e. The number of ether oxygens (including phenoxy) is 1. The molecule has 2 rings (SSSR count). The lowest BCUT2D eigenvalue weighted by atomic mass is 10.1. The molecule has 1 saturated heterocycles. The highest BCUT2D eigenvalue weighted by Crippen LogP contribution is 2.17. The minimum absolute atomic E-state index is 0. The van der Waals surface area contributed by atoms with Gasteiger partial charge in [-0.05, 0) is 18.4 Å². The molecule has 1 heterocycles. The fraction of sp³-hybridized carbons (Fsp3) is 0.500. The molecule has 1 aliphatic rings. The van der Waals surface area contributed by atoms with Gasteiger partial charge < -0.3 is 4.74 Å². The average molecular weight is 308 g/mol. The molecule has 0 unspecified atom stereocenters. The number of piperidine rings is 1. The lowest BCUT2D eigenvalue weighted by molar-refractivity contribution is 0.00922. The number of halogens is 1. The van der Waals surface area contributed by atoms with Gasteiger partial charge in [0, 0.05) is 13.1 Å². The van der Waals surface area contributed by atoms with Crippen molar-refractivity contribution in [1.82, 2.24) is 4.31 Å². The molecule has 19 heavy (non-hydrogen) atoms. The number of hydrogen-bond donors (Lipinski definition) is 1. The van der Waals surface area contributed by atoms with Crippen molar-refractivity contribution in [2.45, 2.75) is 25.6 Å². The zero-order chi connectivity index (χ0) is 13.0. The minimum atomic E-state index is -4.04. The Morgan fingerprint density at radius 3 is 2.32 bits per heavy atom. The fourth-order valence-corrected chi connectivity index (χ4v) is 2.69. The Kier molecular flexibility index (Phi) is 6.22. The van der Waals surface area contributed by atoms with Crippen molar-refractivity contribution in [3.63, 3.8) is 0 Å². The predicted molar refractivity (Wildman–Crippen MR) is 74.6 cm³/mol. The van der Waals surface area contributed by atoms with Crippen molar-refractivity contribution in [1.29, 1.82) is 0 Å². The summed E-state index contributed by atoms with van der Waals surface area (Å²) in [6.45, 7) is 1.17. The van der Waals surface area contributed by atoms with Crippen LogP contribution in [0.1, 0.15) is 18.4 Å². The molecule has 0 aromatic heterocycles. The van der Waals surface area contributed by atoms with E-state index in [0.29, 0.717) is 32.5 Å². The van der Waals surface area contributed by atoms with E-state index in [9.17, 15) is 8.42 Å². The van der Waals surface area contributed by atoms with Gasteiger partial charge in [-0.2, -0.15) is 12.7 Å². The smallest absolute Gasteiger partial charge is 0.335 e. The summed E-state index contributed by atoms with van der Waals surface area (Å²) in [5.74, 6) is 0. The van der Waals surface area contributed by atoms with E-state index in [4.69, 9.17) is 9.29 Å². The van der Waals surface area contributed by atoms with E-state index in [-0.39, 0.29) is 18.5 Å². The van der Waals surface area contributed by atoms with Gasteiger partial charge in [-0.1, -0.05) is 30.3 Å². The summed E-state index contributed by atoms with van der Waals surface area (Å²) in [5.41, 5.74) is 1.11. The van der Waals surface area contributed by atoms with Gasteiger partial charge >= 0.3 is 10.3 Å². The van der Waals surface area contributed by atoms with Gasteiger partial charge in [0.1, 0.15) is 0 Å². The molecule has 5 nitrogen and oxygen atoms in total. The molecule has 0 aliphatic carbocycles. The molecular weight excluding hydrogens is 290 g/mol. The van der Waals surface area contributed by atoms with E-state index in [2.05, 4.69) is 0 Å². The molecule has 0 spiro atoms. The second kappa shape index (κ2) is 7.21. The van der Waals surface area contributed by atoms with Crippen LogP contribution >= 0.6 is 12.4 Å². The van der Waals surface area contributed by atoms with Crippen molar-refractivity contribution in [2.75, 3.05) is 13.1 Å². The summed E-state index contributed by atoms with van der Waals surface area (Å²) in [7, 11) is -4.04. The third-order valence-corrected chi connectivity index (χ3v) is 4.07. The maximum atomic E-state index is 10.9. The highest BCUT2D eigenvalue weighted by molar-refractivity contribution is 7.83. The molecule has 0 bridgehead atoms. The average Bonchev–Trinajstić information content (AvgIpc) is 2.37. The third kappa shape index (κ3) is 5.08. The molecule has 0 radical (unpaired) electrons. The molecule has 108 valence electrons. The summed E-state index contributed by atoms with van der Waals surface area (Å²) < 4.78 is 37.5. The first kappa shape index (κ1) is 16.4. The molecule has 1 aromatic carbocycles. The quantitative estimate of drug-likeness (QED) is 0.863. The molecular formula is C12H18ClNO4S. The molecule has 1 aliphatic heterocycles. The molecule has 0 saturated carbocycles. The number of hydrogen-bond acceptors (Lipinski definition) is 3. The Balaban J connectivity index is 0.00000180. The maximum absolute atomic E-state index is 10.9. The Labute approximate surface area is 119 Å². The Hall–Kier alpha value is -0.660. The topological polar surface area (TPSA) is 66.8 Å². The van der Waals surface area contributed by atoms with Crippen LogP contribution in [0.25, 0.3) is 0 Å². The van der Waals surface area contributed by atoms with E-state index < -0.39 is 10.3 Å². The standard InChI is InChI=1S/C12H17NO4S.ClH/c14-18(15,16)13-8-6-12(7-9-13)17-10-11-4-2-1-3-5-11;/h1-5,12H,6-10H2,(H,14,15,16);1H. The van der Waals surface area contributed by atoms with Gasteiger partial charge in [-0.15, -0.1) is 12.4 Å². The van der Waals surface area contributed by atoms with Crippen LogP contribution in [0.4, 0.5) is 0 Å². The van der Waals surface area contributed by atoms with Gasteiger partial charge in [0.15, 0.2) is 0 Å². The zero-order valence-corrected chi connectivity index (χ0v) is 12.1. The van der Waals surface area contributed by atoms with Crippen LogP contribution in [0.15, 0.2) is 30.3 Å². The summed E-state index contributed by atoms with van der Waals surface area (Å²) in [6.07, 6.45) is 1.29. The Morgan fingerprint density at radius 1 is 1.21 bits per heavy atom. The van der Waals surface area contributed by atoms with Crippen LogP contribution < -0.4 is 0 Å². The molecule has 1 fully saturated rings. The highest BCUT2D eigenvalue weighted by Gasteiger charge is 2.26. The first-order chi connectivity index (χ1) is 8.55. The van der Waals surface area contributed by atoms with Crippen molar-refractivity contribution in [2.24, 2.45) is 0 Å². The Bertz CT molecular complexity index is 472. The molecule has 0 amide bonds. The second-order valence-electron chi connectivity index (χ2n) is 4.37. The number of benzene rings is 1. The van der Waals surface area contributed by atoms with Crippen LogP contribution in [0.2, 0.25) is 0 Å². The van der Waals surface area contributed by atoms with E-state index in [0.717, 1.165) is 9.87 Å².